The SMILES string of the molecule is NC1=NS(=O)(=O)N=C(N)C1=NNc1cccc(Cl)c1. The van der Waals surface area contributed by atoms with Gasteiger partial charge in [-0.1, -0.05) is 17.7 Å². The zero-order chi connectivity index (χ0) is 14.0. The average molecular weight is 301 g/mol. The molecule has 0 spiro atoms. The van der Waals surface area contributed by atoms with Crippen LogP contribution in [-0.4, -0.2) is 25.8 Å². The summed E-state index contributed by atoms with van der Waals surface area (Å²) in [6, 6.07) is 6.73. The monoisotopic (exact) mass is 300 g/mol. The zero-order valence-corrected chi connectivity index (χ0v) is 11.0. The molecule has 10 heteroatoms. The van der Waals surface area contributed by atoms with Gasteiger partial charge in [-0.3, -0.25) is 5.43 Å². The summed E-state index contributed by atoms with van der Waals surface area (Å²) in [6.45, 7) is 0. The van der Waals surface area contributed by atoms with Gasteiger partial charge in [-0.2, -0.15) is 13.5 Å². The third-order valence-corrected chi connectivity index (χ3v) is 3.12. The predicted molar refractivity (Wildman–Crippen MR) is 74.7 cm³/mol. The molecule has 5 N–H and O–H groups in total. The fourth-order valence-corrected chi connectivity index (χ4v) is 2.18. The zero-order valence-electron chi connectivity index (χ0n) is 9.41. The Morgan fingerprint density at radius 1 is 1.21 bits per heavy atom. The first-order valence-corrected chi connectivity index (χ1v) is 6.71. The highest BCUT2D eigenvalue weighted by molar-refractivity contribution is 7.89. The van der Waals surface area contributed by atoms with Gasteiger partial charge in [0.05, 0.1) is 5.69 Å². The second-order valence-corrected chi connectivity index (χ2v) is 5.18. The van der Waals surface area contributed by atoms with Crippen molar-refractivity contribution in [2.45, 2.75) is 0 Å². The molecular weight excluding hydrogens is 292 g/mol. The third-order valence-electron chi connectivity index (χ3n) is 2.03. The van der Waals surface area contributed by atoms with Crippen LogP contribution in [0.15, 0.2) is 38.2 Å². The van der Waals surface area contributed by atoms with Crippen LogP contribution >= 0.6 is 11.6 Å². The van der Waals surface area contributed by atoms with Crippen molar-refractivity contribution in [3.05, 3.63) is 29.3 Å². The predicted octanol–water partition coefficient (Wildman–Crippen LogP) is 0.0807. The van der Waals surface area contributed by atoms with Gasteiger partial charge in [0, 0.05) is 5.02 Å². The highest BCUT2D eigenvalue weighted by Crippen LogP contribution is 2.15. The van der Waals surface area contributed by atoms with E-state index < -0.39 is 10.2 Å². The molecule has 0 radical (unpaired) electrons. The summed E-state index contributed by atoms with van der Waals surface area (Å²) in [4.78, 5) is 0. The summed E-state index contributed by atoms with van der Waals surface area (Å²) in [5.74, 6) is -0.663. The number of halogens is 1. The highest BCUT2D eigenvalue weighted by atomic mass is 35.5. The highest BCUT2D eigenvalue weighted by Gasteiger charge is 2.22. The van der Waals surface area contributed by atoms with Gasteiger partial charge >= 0.3 is 10.2 Å². The quantitative estimate of drug-likeness (QED) is 0.665. The Labute approximate surface area is 114 Å². The summed E-state index contributed by atoms with van der Waals surface area (Å²) in [6.07, 6.45) is 0. The molecule has 0 bridgehead atoms. The van der Waals surface area contributed by atoms with Crippen molar-refractivity contribution in [3.8, 4) is 0 Å². The van der Waals surface area contributed by atoms with E-state index in [4.69, 9.17) is 23.1 Å². The van der Waals surface area contributed by atoms with Crippen molar-refractivity contribution < 1.29 is 8.42 Å². The number of benzene rings is 1. The lowest BCUT2D eigenvalue weighted by atomic mass is 10.3. The van der Waals surface area contributed by atoms with Crippen LogP contribution in [-0.2, 0) is 10.2 Å². The van der Waals surface area contributed by atoms with Crippen LogP contribution in [0.4, 0.5) is 5.69 Å². The van der Waals surface area contributed by atoms with E-state index in [1.54, 1.807) is 24.3 Å². The Morgan fingerprint density at radius 2 is 1.84 bits per heavy atom. The van der Waals surface area contributed by atoms with Gasteiger partial charge in [0.15, 0.2) is 17.4 Å². The van der Waals surface area contributed by atoms with E-state index in [1.165, 1.54) is 0 Å². The van der Waals surface area contributed by atoms with Crippen molar-refractivity contribution in [2.75, 3.05) is 5.43 Å². The van der Waals surface area contributed by atoms with Gasteiger partial charge in [0.1, 0.15) is 0 Å². The van der Waals surface area contributed by atoms with Crippen LogP contribution < -0.4 is 16.9 Å². The fraction of sp³-hybridized carbons (Fsp3) is 0. The standard InChI is InChI=1S/C9H9ClN6O2S/c10-5-2-1-3-6(4-5)13-14-7-8(11)15-19(17,18)16-9(7)12/h1-4,13H,(H2,11,15)(H2,12,16). The number of hydrogen-bond donors (Lipinski definition) is 3. The second-order valence-electron chi connectivity index (χ2n) is 3.48. The first-order valence-electron chi connectivity index (χ1n) is 4.93. The number of rotatable bonds is 2. The largest absolute Gasteiger partial charge is 0.381 e. The lowest BCUT2D eigenvalue weighted by molar-refractivity contribution is 0.600. The summed E-state index contributed by atoms with van der Waals surface area (Å²) >= 11 is 5.80. The summed E-state index contributed by atoms with van der Waals surface area (Å²) in [5.41, 5.74) is 14.1. The maximum atomic E-state index is 11.1. The molecule has 0 fully saturated rings. The first-order chi connectivity index (χ1) is 8.87. The molecule has 19 heavy (non-hydrogen) atoms. The number of amidine groups is 2. The number of nitrogens with zero attached hydrogens (tertiary/aromatic N) is 3. The molecule has 100 valence electrons. The van der Waals surface area contributed by atoms with E-state index in [0.29, 0.717) is 10.7 Å². The maximum Gasteiger partial charge on any atom is 0.367 e. The molecule has 1 heterocycles. The molecule has 1 aliphatic rings. The van der Waals surface area contributed by atoms with Gasteiger partial charge in [-0.15, -0.1) is 8.80 Å². The summed E-state index contributed by atoms with van der Waals surface area (Å²) in [5, 5.41) is 4.37. The average Bonchev–Trinajstić information content (AvgIpc) is 2.26. The van der Waals surface area contributed by atoms with Crippen molar-refractivity contribution in [2.24, 2.45) is 25.4 Å². The number of anilines is 1. The fourth-order valence-electron chi connectivity index (χ4n) is 1.28. The molecule has 1 aliphatic heterocycles. The summed E-state index contributed by atoms with van der Waals surface area (Å²) in [7, 11) is -4.01. The van der Waals surface area contributed by atoms with Gasteiger partial charge in [-0.25, -0.2) is 0 Å². The third kappa shape index (κ3) is 3.20. The lowest BCUT2D eigenvalue weighted by Gasteiger charge is -2.09. The first kappa shape index (κ1) is 13.3. The van der Waals surface area contributed by atoms with E-state index in [-0.39, 0.29) is 17.4 Å². The maximum absolute atomic E-state index is 11.1. The number of nitrogens with one attached hydrogen (secondary N) is 1. The molecule has 0 saturated carbocycles. The van der Waals surface area contributed by atoms with Crippen LogP contribution in [0.2, 0.25) is 5.02 Å². The Kier molecular flexibility index (Phi) is 3.40. The van der Waals surface area contributed by atoms with E-state index in [2.05, 4.69) is 19.3 Å². The minimum absolute atomic E-state index is 0.0465. The molecule has 1 aromatic carbocycles. The Balaban J connectivity index is 2.28. The topological polar surface area (TPSA) is 135 Å². The van der Waals surface area contributed by atoms with Gasteiger partial charge in [-0.05, 0) is 18.2 Å². The molecular formula is C9H9ClN6O2S. The normalized spacial score (nSPS) is 17.4. The molecule has 8 nitrogen and oxygen atoms in total. The molecule has 0 atom stereocenters. The lowest BCUT2D eigenvalue weighted by Crippen LogP contribution is -2.40. The molecule has 0 amide bonds. The van der Waals surface area contributed by atoms with E-state index in [1.807, 2.05) is 0 Å². The second kappa shape index (κ2) is 4.86. The van der Waals surface area contributed by atoms with E-state index in [0.717, 1.165) is 0 Å². The van der Waals surface area contributed by atoms with Gasteiger partial charge < -0.3 is 11.5 Å². The molecule has 0 aromatic heterocycles. The molecule has 0 aliphatic carbocycles. The Hall–Kier alpha value is -2.13. The van der Waals surface area contributed by atoms with Crippen molar-refractivity contribution >= 4 is 44.9 Å². The van der Waals surface area contributed by atoms with Crippen LogP contribution in [0.25, 0.3) is 0 Å². The molecule has 0 saturated heterocycles. The number of hydrazone groups is 1. The van der Waals surface area contributed by atoms with Crippen molar-refractivity contribution in [1.82, 2.24) is 0 Å². The minimum atomic E-state index is -4.01. The van der Waals surface area contributed by atoms with Crippen LogP contribution in [0.3, 0.4) is 0 Å². The summed E-state index contributed by atoms with van der Waals surface area (Å²) < 4.78 is 28.6. The number of nitrogens with two attached hydrogens (primary N) is 2. The van der Waals surface area contributed by atoms with Crippen molar-refractivity contribution in [3.63, 3.8) is 0 Å². The number of hydrogen-bond acceptors (Lipinski definition) is 6. The Bertz CT molecular complexity index is 681. The van der Waals surface area contributed by atoms with Crippen LogP contribution in [0.1, 0.15) is 0 Å². The van der Waals surface area contributed by atoms with Gasteiger partial charge in [0.25, 0.3) is 0 Å². The van der Waals surface area contributed by atoms with E-state index >= 15 is 0 Å². The van der Waals surface area contributed by atoms with E-state index in [9.17, 15) is 8.42 Å². The smallest absolute Gasteiger partial charge is 0.367 e. The molecule has 0 unspecified atom stereocenters. The van der Waals surface area contributed by atoms with Crippen LogP contribution in [0, 0.1) is 0 Å². The minimum Gasteiger partial charge on any atom is -0.381 e. The molecule has 1 aromatic rings. The van der Waals surface area contributed by atoms with Crippen molar-refractivity contribution in [1.29, 1.82) is 0 Å². The van der Waals surface area contributed by atoms with Crippen LogP contribution in [0.5, 0.6) is 0 Å². The molecule has 2 rings (SSSR count). The Morgan fingerprint density at radius 3 is 2.42 bits per heavy atom. The van der Waals surface area contributed by atoms with Gasteiger partial charge in [0.2, 0.25) is 0 Å².